The van der Waals surface area contributed by atoms with Gasteiger partial charge in [-0.15, -0.1) is 0 Å². The first-order valence-electron chi connectivity index (χ1n) is 9.99. The van der Waals surface area contributed by atoms with Gasteiger partial charge in [-0.25, -0.2) is 0 Å². The van der Waals surface area contributed by atoms with Crippen LogP contribution >= 0.6 is 0 Å². The van der Waals surface area contributed by atoms with E-state index in [1.807, 2.05) is 6.07 Å². The Kier molecular flexibility index (Phi) is 7.07. The van der Waals surface area contributed by atoms with Crippen molar-refractivity contribution in [2.75, 3.05) is 25.6 Å². The minimum atomic E-state index is -0.510. The lowest BCUT2D eigenvalue weighted by atomic mass is 10.1. The summed E-state index contributed by atoms with van der Waals surface area (Å²) in [5.74, 6) is 0.508. The van der Waals surface area contributed by atoms with Crippen molar-refractivity contribution in [1.29, 1.82) is 0 Å². The number of hydrogen-bond acceptors (Lipinski definition) is 6. The van der Waals surface area contributed by atoms with Gasteiger partial charge < -0.3 is 19.7 Å². The fourth-order valence-corrected chi connectivity index (χ4v) is 3.15. The molecule has 0 spiro atoms. The van der Waals surface area contributed by atoms with E-state index in [-0.39, 0.29) is 43.1 Å². The number of amides is 2. The molecule has 2 aromatic rings. The number of carbonyl (C=O) groups excluding carboxylic acids is 2. The Balaban J connectivity index is 1.56. The fourth-order valence-electron chi connectivity index (χ4n) is 3.15. The van der Waals surface area contributed by atoms with E-state index in [1.165, 1.54) is 19.2 Å². The van der Waals surface area contributed by atoms with Gasteiger partial charge in [0.1, 0.15) is 0 Å². The van der Waals surface area contributed by atoms with Gasteiger partial charge in [0, 0.05) is 31.1 Å². The molecule has 1 N–H and O–H groups in total. The van der Waals surface area contributed by atoms with Crippen molar-refractivity contribution >= 4 is 23.2 Å². The summed E-state index contributed by atoms with van der Waals surface area (Å²) in [5.41, 5.74) is 1.02. The van der Waals surface area contributed by atoms with Gasteiger partial charge in [-0.1, -0.05) is 18.2 Å². The van der Waals surface area contributed by atoms with Crippen LogP contribution in [0.5, 0.6) is 11.5 Å². The van der Waals surface area contributed by atoms with Crippen LogP contribution in [0.2, 0.25) is 0 Å². The average Bonchev–Trinajstić information content (AvgIpc) is 3.59. The van der Waals surface area contributed by atoms with Gasteiger partial charge in [-0.3, -0.25) is 19.7 Å². The summed E-state index contributed by atoms with van der Waals surface area (Å²) in [7, 11) is 1.53. The minimum absolute atomic E-state index is 0.0824. The first-order chi connectivity index (χ1) is 14.9. The van der Waals surface area contributed by atoms with Gasteiger partial charge in [-0.2, -0.15) is 0 Å². The van der Waals surface area contributed by atoms with Crippen molar-refractivity contribution in [2.24, 2.45) is 0 Å². The molecule has 1 saturated carbocycles. The highest BCUT2D eigenvalue weighted by atomic mass is 16.6. The number of methoxy groups -OCH3 is 1. The lowest BCUT2D eigenvalue weighted by Gasteiger charge is -2.22. The molecule has 0 aliphatic heterocycles. The van der Waals surface area contributed by atoms with Crippen LogP contribution in [0.25, 0.3) is 0 Å². The molecule has 0 atom stereocenters. The first kappa shape index (κ1) is 22.1. The number of carbonyl (C=O) groups is 2. The van der Waals surface area contributed by atoms with Crippen molar-refractivity contribution in [1.82, 2.24) is 4.90 Å². The Hall–Kier alpha value is -3.62. The van der Waals surface area contributed by atoms with Crippen LogP contribution in [0.1, 0.15) is 24.8 Å². The molecule has 0 radical (unpaired) electrons. The van der Waals surface area contributed by atoms with E-state index in [9.17, 15) is 19.7 Å². The molecule has 0 aromatic heterocycles. The standard InChI is InChI=1S/C22H25N3O6/c1-15-7-8-17(25(28)29)13-18(15)23-21(26)11-12-24(16-9-10-16)22(27)14-31-20-6-4-3-5-19(20)30-2/h3-8,13,16H,9-12,14H2,1-2H3,(H,23,26). The van der Waals surface area contributed by atoms with Crippen molar-refractivity contribution < 1.29 is 24.0 Å². The zero-order valence-corrected chi connectivity index (χ0v) is 17.5. The largest absolute Gasteiger partial charge is 0.493 e. The van der Waals surface area contributed by atoms with Crippen LogP contribution in [-0.4, -0.2) is 47.9 Å². The lowest BCUT2D eigenvalue weighted by molar-refractivity contribution is -0.384. The van der Waals surface area contributed by atoms with Gasteiger partial charge >= 0.3 is 0 Å². The number of non-ortho nitro benzene ring substituents is 1. The molecule has 9 heteroatoms. The third-order valence-corrected chi connectivity index (χ3v) is 5.01. The molecule has 9 nitrogen and oxygen atoms in total. The second-order valence-electron chi connectivity index (χ2n) is 7.31. The van der Waals surface area contributed by atoms with Crippen LogP contribution in [0.3, 0.4) is 0 Å². The van der Waals surface area contributed by atoms with Gasteiger partial charge in [0.15, 0.2) is 18.1 Å². The number of para-hydroxylation sites is 2. The summed E-state index contributed by atoms with van der Waals surface area (Å²) in [6.45, 7) is 1.86. The fraction of sp³-hybridized carbons (Fsp3) is 0.364. The lowest BCUT2D eigenvalue weighted by Crippen LogP contribution is -2.38. The maximum Gasteiger partial charge on any atom is 0.271 e. The Bertz CT molecular complexity index is 973. The second-order valence-corrected chi connectivity index (χ2v) is 7.31. The van der Waals surface area contributed by atoms with Gasteiger partial charge in [0.25, 0.3) is 11.6 Å². The van der Waals surface area contributed by atoms with Crippen molar-refractivity contribution in [3.05, 3.63) is 58.1 Å². The smallest absolute Gasteiger partial charge is 0.271 e. The zero-order valence-electron chi connectivity index (χ0n) is 17.5. The van der Waals surface area contributed by atoms with E-state index >= 15 is 0 Å². The van der Waals surface area contributed by atoms with E-state index in [2.05, 4.69) is 5.32 Å². The number of hydrogen-bond donors (Lipinski definition) is 1. The Labute approximate surface area is 180 Å². The van der Waals surface area contributed by atoms with Gasteiger partial charge in [0.05, 0.1) is 17.7 Å². The van der Waals surface area contributed by atoms with E-state index in [0.717, 1.165) is 18.4 Å². The quantitative estimate of drug-likeness (QED) is 0.460. The highest BCUT2D eigenvalue weighted by molar-refractivity contribution is 5.92. The summed E-state index contributed by atoms with van der Waals surface area (Å²) in [5, 5.41) is 13.7. The molecule has 164 valence electrons. The Morgan fingerprint density at radius 3 is 2.55 bits per heavy atom. The maximum atomic E-state index is 12.7. The molecule has 1 aliphatic rings. The Morgan fingerprint density at radius 2 is 1.90 bits per heavy atom. The molecule has 0 bridgehead atoms. The van der Waals surface area contributed by atoms with Crippen molar-refractivity contribution in [3.8, 4) is 11.5 Å². The second kappa shape index (κ2) is 9.92. The number of nitro benzene ring substituents is 1. The summed E-state index contributed by atoms with van der Waals surface area (Å²) < 4.78 is 10.8. The third kappa shape index (κ3) is 5.94. The first-order valence-corrected chi connectivity index (χ1v) is 9.99. The highest BCUT2D eigenvalue weighted by Crippen LogP contribution is 2.29. The number of anilines is 1. The summed E-state index contributed by atoms with van der Waals surface area (Å²) in [6, 6.07) is 11.5. The highest BCUT2D eigenvalue weighted by Gasteiger charge is 2.33. The van der Waals surface area contributed by atoms with Crippen molar-refractivity contribution in [3.63, 3.8) is 0 Å². The van der Waals surface area contributed by atoms with Gasteiger partial charge in [0.2, 0.25) is 5.91 Å². The van der Waals surface area contributed by atoms with E-state index in [4.69, 9.17) is 9.47 Å². The number of nitrogens with one attached hydrogen (secondary N) is 1. The number of benzene rings is 2. The minimum Gasteiger partial charge on any atom is -0.493 e. The molecule has 2 aromatic carbocycles. The predicted octanol–water partition coefficient (Wildman–Crippen LogP) is 3.31. The summed E-state index contributed by atoms with van der Waals surface area (Å²) in [6.07, 6.45) is 1.87. The number of aryl methyl sites for hydroxylation is 1. The monoisotopic (exact) mass is 427 g/mol. The molecular formula is C22H25N3O6. The molecule has 1 aliphatic carbocycles. The number of ether oxygens (including phenoxy) is 2. The van der Waals surface area contributed by atoms with Crippen LogP contribution in [0, 0.1) is 17.0 Å². The van der Waals surface area contributed by atoms with Gasteiger partial charge in [-0.05, 0) is 37.5 Å². The number of nitro groups is 1. The molecule has 0 heterocycles. The van der Waals surface area contributed by atoms with E-state index in [1.54, 1.807) is 36.1 Å². The topological polar surface area (TPSA) is 111 Å². The number of rotatable bonds is 10. The molecular weight excluding hydrogens is 402 g/mol. The van der Waals surface area contributed by atoms with Crippen LogP contribution in [0.15, 0.2) is 42.5 Å². The third-order valence-electron chi connectivity index (χ3n) is 5.01. The van der Waals surface area contributed by atoms with Crippen molar-refractivity contribution in [2.45, 2.75) is 32.2 Å². The predicted molar refractivity (Wildman–Crippen MR) is 114 cm³/mol. The Morgan fingerprint density at radius 1 is 1.19 bits per heavy atom. The van der Waals surface area contributed by atoms with Crippen LogP contribution < -0.4 is 14.8 Å². The van der Waals surface area contributed by atoms with Crippen LogP contribution in [-0.2, 0) is 9.59 Å². The van der Waals surface area contributed by atoms with E-state index in [0.29, 0.717) is 17.2 Å². The maximum absolute atomic E-state index is 12.7. The molecule has 1 fully saturated rings. The average molecular weight is 427 g/mol. The normalized spacial score (nSPS) is 12.7. The van der Waals surface area contributed by atoms with E-state index < -0.39 is 4.92 Å². The molecule has 0 saturated heterocycles. The molecule has 0 unspecified atom stereocenters. The van der Waals surface area contributed by atoms with Crippen LogP contribution in [0.4, 0.5) is 11.4 Å². The molecule has 3 rings (SSSR count). The zero-order chi connectivity index (χ0) is 22.4. The summed E-state index contributed by atoms with van der Waals surface area (Å²) >= 11 is 0. The summed E-state index contributed by atoms with van der Waals surface area (Å²) in [4.78, 5) is 37.2. The number of nitrogens with zero attached hydrogens (tertiary/aromatic N) is 2. The molecule has 2 amide bonds. The SMILES string of the molecule is COc1ccccc1OCC(=O)N(CCC(=O)Nc1cc([N+](=O)[O-])ccc1C)C1CC1. The molecule has 31 heavy (non-hydrogen) atoms.